The lowest BCUT2D eigenvalue weighted by atomic mass is 10.3. The molecule has 0 aliphatic carbocycles. The third-order valence-electron chi connectivity index (χ3n) is 2.43. The number of anilines is 1. The van der Waals surface area contributed by atoms with Crippen LogP contribution in [-0.2, 0) is 9.53 Å². The monoisotopic (exact) mass is 289 g/mol. The van der Waals surface area contributed by atoms with Crippen LogP contribution in [-0.4, -0.2) is 17.8 Å². The average Bonchev–Trinajstić information content (AvgIpc) is 2.36. The molecule has 0 spiro atoms. The maximum Gasteiger partial charge on any atom is 0.319 e. The van der Waals surface area contributed by atoms with E-state index in [2.05, 4.69) is 0 Å². The quantitative estimate of drug-likeness (QED) is 0.377. The van der Waals surface area contributed by atoms with Gasteiger partial charge >= 0.3 is 5.97 Å². The second-order valence-electron chi connectivity index (χ2n) is 4.09. The van der Waals surface area contributed by atoms with Crippen molar-refractivity contribution < 1.29 is 18.3 Å². The largest absolute Gasteiger partial charge is 0.465 e. The van der Waals surface area contributed by atoms with E-state index in [1.807, 2.05) is 6.92 Å². The summed E-state index contributed by atoms with van der Waals surface area (Å²) in [5.41, 5.74) is 5.23. The molecule has 0 bridgehead atoms. The number of nitrogens with two attached hydrogens (primary N) is 1. The SMILES string of the molecule is CCCCOC(=O)C(C)Sc1cc(N)c(F)cc1F. The van der Waals surface area contributed by atoms with Crippen molar-refractivity contribution in [3.63, 3.8) is 0 Å². The summed E-state index contributed by atoms with van der Waals surface area (Å²) in [5.74, 6) is -1.95. The van der Waals surface area contributed by atoms with Gasteiger partial charge in [0.1, 0.15) is 16.9 Å². The Balaban J connectivity index is 2.63. The van der Waals surface area contributed by atoms with E-state index in [1.165, 1.54) is 6.07 Å². The predicted molar refractivity (Wildman–Crippen MR) is 72.0 cm³/mol. The van der Waals surface area contributed by atoms with Crippen LogP contribution in [0, 0.1) is 11.6 Å². The minimum Gasteiger partial charge on any atom is -0.465 e. The zero-order valence-corrected chi connectivity index (χ0v) is 11.7. The standard InChI is InChI=1S/C13H17F2NO2S/c1-3-4-5-18-13(17)8(2)19-12-7-11(16)9(14)6-10(12)15/h6-8H,3-5,16H2,1-2H3. The van der Waals surface area contributed by atoms with Crippen LogP contribution in [0.4, 0.5) is 14.5 Å². The molecular formula is C13H17F2NO2S. The molecule has 0 amide bonds. The van der Waals surface area contributed by atoms with Gasteiger partial charge in [0.15, 0.2) is 0 Å². The van der Waals surface area contributed by atoms with E-state index < -0.39 is 22.9 Å². The van der Waals surface area contributed by atoms with Crippen molar-refractivity contribution in [2.45, 2.75) is 36.8 Å². The van der Waals surface area contributed by atoms with E-state index in [-0.39, 0.29) is 10.6 Å². The number of unbranched alkanes of at least 4 members (excludes halogenated alkanes) is 1. The van der Waals surface area contributed by atoms with Crippen LogP contribution >= 0.6 is 11.8 Å². The smallest absolute Gasteiger partial charge is 0.319 e. The maximum absolute atomic E-state index is 13.5. The minimum atomic E-state index is -0.806. The van der Waals surface area contributed by atoms with Crippen molar-refractivity contribution in [1.29, 1.82) is 0 Å². The third kappa shape index (κ3) is 4.70. The van der Waals surface area contributed by atoms with Gasteiger partial charge in [-0.3, -0.25) is 4.79 Å². The van der Waals surface area contributed by atoms with Crippen LogP contribution in [0.1, 0.15) is 26.7 Å². The molecule has 1 atom stereocenters. The second-order valence-corrected chi connectivity index (χ2v) is 5.47. The number of thioether (sulfide) groups is 1. The van der Waals surface area contributed by atoms with E-state index in [0.29, 0.717) is 12.7 Å². The highest BCUT2D eigenvalue weighted by molar-refractivity contribution is 8.00. The molecule has 19 heavy (non-hydrogen) atoms. The summed E-state index contributed by atoms with van der Waals surface area (Å²) in [6.07, 6.45) is 1.72. The van der Waals surface area contributed by atoms with Crippen LogP contribution in [0.2, 0.25) is 0 Å². The van der Waals surface area contributed by atoms with Gasteiger partial charge < -0.3 is 10.5 Å². The molecule has 2 N–H and O–H groups in total. The van der Waals surface area contributed by atoms with Crippen LogP contribution in [0.5, 0.6) is 0 Å². The number of hydrogen-bond acceptors (Lipinski definition) is 4. The number of esters is 1. The Morgan fingerprint density at radius 1 is 1.42 bits per heavy atom. The first-order chi connectivity index (χ1) is 8.95. The van der Waals surface area contributed by atoms with Gasteiger partial charge in [-0.1, -0.05) is 13.3 Å². The Hall–Kier alpha value is -1.30. The molecule has 0 saturated carbocycles. The third-order valence-corrected chi connectivity index (χ3v) is 3.54. The van der Waals surface area contributed by atoms with E-state index >= 15 is 0 Å². The number of carbonyl (C=O) groups excluding carboxylic acids is 1. The van der Waals surface area contributed by atoms with Crippen molar-refractivity contribution in [1.82, 2.24) is 0 Å². The summed E-state index contributed by atoms with van der Waals surface area (Å²) in [6, 6.07) is 1.90. The molecule has 0 radical (unpaired) electrons. The van der Waals surface area contributed by atoms with Gasteiger partial charge in [0.05, 0.1) is 12.3 Å². The van der Waals surface area contributed by atoms with Gasteiger partial charge in [0, 0.05) is 11.0 Å². The Bertz CT molecular complexity index is 455. The maximum atomic E-state index is 13.5. The average molecular weight is 289 g/mol. The fraction of sp³-hybridized carbons (Fsp3) is 0.462. The van der Waals surface area contributed by atoms with Crippen molar-refractivity contribution in [2.24, 2.45) is 0 Å². The summed E-state index contributed by atoms with van der Waals surface area (Å²) in [4.78, 5) is 11.8. The number of rotatable bonds is 6. The van der Waals surface area contributed by atoms with Crippen molar-refractivity contribution >= 4 is 23.4 Å². The Labute approximate surface area is 115 Å². The van der Waals surface area contributed by atoms with Gasteiger partial charge in [-0.25, -0.2) is 8.78 Å². The lowest BCUT2D eigenvalue weighted by Gasteiger charge is -2.12. The number of nitrogen functional groups attached to an aromatic ring is 1. The van der Waals surface area contributed by atoms with E-state index in [9.17, 15) is 13.6 Å². The molecule has 1 unspecified atom stereocenters. The number of carbonyl (C=O) groups is 1. The number of ether oxygens (including phenoxy) is 1. The molecular weight excluding hydrogens is 272 g/mol. The van der Waals surface area contributed by atoms with Gasteiger partial charge in [0.25, 0.3) is 0 Å². The zero-order valence-electron chi connectivity index (χ0n) is 10.9. The predicted octanol–water partition coefficient (Wildman–Crippen LogP) is 3.37. The lowest BCUT2D eigenvalue weighted by Crippen LogP contribution is -2.17. The van der Waals surface area contributed by atoms with Crippen molar-refractivity contribution in [2.75, 3.05) is 12.3 Å². The molecule has 106 valence electrons. The molecule has 1 aromatic carbocycles. The van der Waals surface area contributed by atoms with Gasteiger partial charge in [-0.2, -0.15) is 0 Å². The molecule has 0 saturated heterocycles. The lowest BCUT2D eigenvalue weighted by molar-refractivity contribution is -0.142. The van der Waals surface area contributed by atoms with Crippen molar-refractivity contribution in [3.05, 3.63) is 23.8 Å². The van der Waals surface area contributed by atoms with Crippen LogP contribution < -0.4 is 5.73 Å². The Morgan fingerprint density at radius 3 is 2.74 bits per heavy atom. The molecule has 0 aliphatic rings. The molecule has 1 aromatic rings. The molecule has 0 fully saturated rings. The zero-order chi connectivity index (χ0) is 14.4. The summed E-state index contributed by atoms with van der Waals surface area (Å²) in [7, 11) is 0. The van der Waals surface area contributed by atoms with Gasteiger partial charge in [0.2, 0.25) is 0 Å². The highest BCUT2D eigenvalue weighted by atomic mass is 32.2. The number of halogens is 2. The fourth-order valence-corrected chi connectivity index (χ4v) is 2.22. The van der Waals surface area contributed by atoms with Crippen LogP contribution in [0.25, 0.3) is 0 Å². The fourth-order valence-electron chi connectivity index (χ4n) is 1.31. The van der Waals surface area contributed by atoms with E-state index in [4.69, 9.17) is 10.5 Å². The molecule has 3 nitrogen and oxygen atoms in total. The first-order valence-electron chi connectivity index (χ1n) is 6.03. The highest BCUT2D eigenvalue weighted by Crippen LogP contribution is 2.29. The first-order valence-corrected chi connectivity index (χ1v) is 6.91. The summed E-state index contributed by atoms with van der Waals surface area (Å²) < 4.78 is 31.5. The first kappa shape index (κ1) is 15.8. The Morgan fingerprint density at radius 2 is 2.11 bits per heavy atom. The molecule has 6 heteroatoms. The topological polar surface area (TPSA) is 52.3 Å². The normalized spacial score (nSPS) is 12.2. The van der Waals surface area contributed by atoms with E-state index in [0.717, 1.165) is 24.6 Å². The van der Waals surface area contributed by atoms with Gasteiger partial charge in [-0.05, 0) is 19.4 Å². The highest BCUT2D eigenvalue weighted by Gasteiger charge is 2.18. The van der Waals surface area contributed by atoms with Gasteiger partial charge in [-0.15, -0.1) is 11.8 Å². The van der Waals surface area contributed by atoms with Crippen LogP contribution in [0.15, 0.2) is 17.0 Å². The summed E-state index contributed by atoms with van der Waals surface area (Å²) >= 11 is 0.963. The van der Waals surface area contributed by atoms with Crippen molar-refractivity contribution in [3.8, 4) is 0 Å². The minimum absolute atomic E-state index is 0.138. The molecule has 1 rings (SSSR count). The molecule has 0 aliphatic heterocycles. The molecule has 0 heterocycles. The van der Waals surface area contributed by atoms with E-state index in [1.54, 1.807) is 6.92 Å². The molecule has 0 aromatic heterocycles. The number of hydrogen-bond donors (Lipinski definition) is 1. The van der Waals surface area contributed by atoms with Crippen LogP contribution in [0.3, 0.4) is 0 Å². The summed E-state index contributed by atoms with van der Waals surface area (Å²) in [6.45, 7) is 3.95. The summed E-state index contributed by atoms with van der Waals surface area (Å²) in [5, 5.41) is -0.573. The number of benzene rings is 1. The second kappa shape index (κ2) is 7.33. The Kier molecular flexibility index (Phi) is 6.08.